The molecule has 0 atom stereocenters. The minimum atomic E-state index is -0.623. The maximum atomic E-state index is 10.0. The van der Waals surface area contributed by atoms with Gasteiger partial charge in [-0.3, -0.25) is 0 Å². The van der Waals surface area contributed by atoms with E-state index in [0.717, 1.165) is 6.29 Å². The highest BCUT2D eigenvalue weighted by atomic mass is 16.7. The molecule has 3 heteroatoms. The summed E-state index contributed by atoms with van der Waals surface area (Å²) >= 11 is 0. The Morgan fingerprint density at radius 3 is 2.56 bits per heavy atom. The van der Waals surface area contributed by atoms with Crippen LogP contribution in [0.3, 0.4) is 0 Å². The average Bonchev–Trinajstić information content (AvgIpc) is 2.16. The number of aldehydes is 1. The molecule has 0 aromatic heterocycles. The molecule has 3 nitrogen and oxygen atoms in total. The van der Waals surface area contributed by atoms with Crippen molar-refractivity contribution < 1.29 is 14.3 Å². The van der Waals surface area contributed by atoms with Crippen LogP contribution in [-0.2, 0) is 14.3 Å². The zero-order valence-corrected chi connectivity index (χ0v) is 5.42. The zero-order valence-electron chi connectivity index (χ0n) is 5.42. The Labute approximate surface area is 53.9 Å². The van der Waals surface area contributed by atoms with Gasteiger partial charge in [0.25, 0.3) is 0 Å². The van der Waals surface area contributed by atoms with Gasteiger partial charge in [-0.05, 0) is 6.92 Å². The minimum Gasteiger partial charge on any atom is -0.347 e. The molecular weight excluding hydrogens is 120 g/mol. The molecule has 0 spiro atoms. The molecule has 1 aliphatic rings. The standard InChI is InChI=1S/C6H10O3/c1-6(2-3-7)8-4-5-9-6/h3H,2,4-5H2,1H3. The van der Waals surface area contributed by atoms with Crippen LogP contribution in [0.15, 0.2) is 0 Å². The molecule has 9 heavy (non-hydrogen) atoms. The lowest BCUT2D eigenvalue weighted by Crippen LogP contribution is -2.25. The Morgan fingerprint density at radius 2 is 2.11 bits per heavy atom. The summed E-state index contributed by atoms with van der Waals surface area (Å²) in [7, 11) is 0. The fourth-order valence-electron chi connectivity index (χ4n) is 0.826. The first-order valence-electron chi connectivity index (χ1n) is 2.98. The third-order valence-electron chi connectivity index (χ3n) is 1.35. The Bertz CT molecular complexity index is 105. The second kappa shape index (κ2) is 2.45. The van der Waals surface area contributed by atoms with Crippen LogP contribution in [0.1, 0.15) is 13.3 Å². The van der Waals surface area contributed by atoms with Crippen LogP contribution >= 0.6 is 0 Å². The summed E-state index contributed by atoms with van der Waals surface area (Å²) in [5, 5.41) is 0. The van der Waals surface area contributed by atoms with Gasteiger partial charge in [-0.15, -0.1) is 0 Å². The summed E-state index contributed by atoms with van der Waals surface area (Å²) in [6.45, 7) is 2.98. The van der Waals surface area contributed by atoms with Crippen LogP contribution in [0, 0.1) is 0 Å². The molecule has 0 unspecified atom stereocenters. The van der Waals surface area contributed by atoms with Crippen molar-refractivity contribution in [3.63, 3.8) is 0 Å². The van der Waals surface area contributed by atoms with Crippen molar-refractivity contribution in [3.05, 3.63) is 0 Å². The number of ether oxygens (including phenoxy) is 2. The predicted octanol–water partition coefficient (Wildman–Crippen LogP) is 0.338. The van der Waals surface area contributed by atoms with Crippen molar-refractivity contribution in [2.45, 2.75) is 19.1 Å². The smallest absolute Gasteiger partial charge is 0.172 e. The molecule has 0 bridgehead atoms. The van der Waals surface area contributed by atoms with E-state index in [0.29, 0.717) is 19.6 Å². The van der Waals surface area contributed by atoms with Gasteiger partial charge in [0.2, 0.25) is 0 Å². The maximum Gasteiger partial charge on any atom is 0.172 e. The Balaban J connectivity index is 2.40. The van der Waals surface area contributed by atoms with Gasteiger partial charge in [-0.2, -0.15) is 0 Å². The highest BCUT2D eigenvalue weighted by molar-refractivity contribution is 5.50. The Hall–Kier alpha value is -0.410. The predicted molar refractivity (Wildman–Crippen MR) is 31.0 cm³/mol. The third-order valence-corrected chi connectivity index (χ3v) is 1.35. The summed E-state index contributed by atoms with van der Waals surface area (Å²) in [6, 6.07) is 0. The third kappa shape index (κ3) is 1.50. The van der Waals surface area contributed by atoms with E-state index in [2.05, 4.69) is 0 Å². The Morgan fingerprint density at radius 1 is 1.56 bits per heavy atom. The Kier molecular flexibility index (Phi) is 1.83. The first-order chi connectivity index (χ1) is 4.27. The number of rotatable bonds is 2. The van der Waals surface area contributed by atoms with Crippen molar-refractivity contribution in [2.24, 2.45) is 0 Å². The SMILES string of the molecule is CC1(CC=O)OCCO1. The molecule has 0 aliphatic carbocycles. The first kappa shape index (κ1) is 6.71. The van der Waals surface area contributed by atoms with Gasteiger partial charge in [0.15, 0.2) is 5.79 Å². The fraction of sp³-hybridized carbons (Fsp3) is 0.833. The monoisotopic (exact) mass is 130 g/mol. The van der Waals surface area contributed by atoms with Crippen LogP contribution in [0.5, 0.6) is 0 Å². The molecule has 52 valence electrons. The lowest BCUT2D eigenvalue weighted by Gasteiger charge is -2.18. The highest BCUT2D eigenvalue weighted by Gasteiger charge is 2.29. The molecule has 0 N–H and O–H groups in total. The van der Waals surface area contributed by atoms with Gasteiger partial charge in [-0.1, -0.05) is 0 Å². The fourth-order valence-corrected chi connectivity index (χ4v) is 0.826. The summed E-state index contributed by atoms with van der Waals surface area (Å²) in [6.07, 6.45) is 1.14. The molecule has 1 heterocycles. The summed E-state index contributed by atoms with van der Waals surface area (Å²) in [4.78, 5) is 10.0. The van der Waals surface area contributed by atoms with E-state index in [-0.39, 0.29) is 0 Å². The molecular formula is C6H10O3. The second-order valence-corrected chi connectivity index (χ2v) is 2.20. The van der Waals surface area contributed by atoms with Gasteiger partial charge < -0.3 is 14.3 Å². The van der Waals surface area contributed by atoms with Crippen LogP contribution in [0.25, 0.3) is 0 Å². The molecule has 1 fully saturated rings. The van der Waals surface area contributed by atoms with Gasteiger partial charge in [-0.25, -0.2) is 0 Å². The lowest BCUT2D eigenvalue weighted by molar-refractivity contribution is -0.151. The number of carbonyl (C=O) groups is 1. The molecule has 0 aromatic rings. The van der Waals surface area contributed by atoms with E-state index in [1.807, 2.05) is 0 Å². The molecule has 0 aromatic carbocycles. The summed E-state index contributed by atoms with van der Waals surface area (Å²) in [5.41, 5.74) is 0. The van der Waals surface area contributed by atoms with E-state index in [1.165, 1.54) is 0 Å². The normalized spacial score (nSPS) is 24.1. The van der Waals surface area contributed by atoms with Crippen molar-refractivity contribution in [1.29, 1.82) is 0 Å². The van der Waals surface area contributed by atoms with Gasteiger partial charge in [0.05, 0.1) is 19.6 Å². The average molecular weight is 130 g/mol. The lowest BCUT2D eigenvalue weighted by atomic mass is 10.2. The molecule has 0 saturated carbocycles. The van der Waals surface area contributed by atoms with Gasteiger partial charge in [0.1, 0.15) is 6.29 Å². The van der Waals surface area contributed by atoms with E-state index in [9.17, 15) is 4.79 Å². The number of carbonyl (C=O) groups excluding carboxylic acids is 1. The van der Waals surface area contributed by atoms with Crippen LogP contribution in [0.4, 0.5) is 0 Å². The topological polar surface area (TPSA) is 35.5 Å². The van der Waals surface area contributed by atoms with E-state index in [1.54, 1.807) is 6.92 Å². The highest BCUT2D eigenvalue weighted by Crippen LogP contribution is 2.20. The van der Waals surface area contributed by atoms with Gasteiger partial charge in [0, 0.05) is 0 Å². The number of hydrogen-bond donors (Lipinski definition) is 0. The van der Waals surface area contributed by atoms with Crippen LogP contribution in [0.2, 0.25) is 0 Å². The molecule has 1 aliphatic heterocycles. The number of hydrogen-bond acceptors (Lipinski definition) is 3. The van der Waals surface area contributed by atoms with Crippen molar-refractivity contribution in [1.82, 2.24) is 0 Å². The maximum absolute atomic E-state index is 10.0. The van der Waals surface area contributed by atoms with Crippen LogP contribution in [-0.4, -0.2) is 25.3 Å². The van der Waals surface area contributed by atoms with E-state index < -0.39 is 5.79 Å². The molecule has 1 rings (SSSR count). The summed E-state index contributed by atoms with van der Waals surface area (Å²) < 4.78 is 10.3. The second-order valence-electron chi connectivity index (χ2n) is 2.20. The zero-order chi connectivity index (χ0) is 6.74. The van der Waals surface area contributed by atoms with Gasteiger partial charge >= 0.3 is 0 Å². The minimum absolute atomic E-state index is 0.326. The summed E-state index contributed by atoms with van der Waals surface area (Å²) in [5.74, 6) is -0.623. The van der Waals surface area contributed by atoms with E-state index >= 15 is 0 Å². The molecule has 0 radical (unpaired) electrons. The molecule has 1 saturated heterocycles. The van der Waals surface area contributed by atoms with Crippen molar-refractivity contribution in [2.75, 3.05) is 13.2 Å². The van der Waals surface area contributed by atoms with Crippen molar-refractivity contribution in [3.8, 4) is 0 Å². The quantitative estimate of drug-likeness (QED) is 0.505. The van der Waals surface area contributed by atoms with Crippen LogP contribution < -0.4 is 0 Å². The first-order valence-corrected chi connectivity index (χ1v) is 2.98. The largest absolute Gasteiger partial charge is 0.347 e. The van der Waals surface area contributed by atoms with Crippen molar-refractivity contribution >= 4 is 6.29 Å². The van der Waals surface area contributed by atoms with E-state index in [4.69, 9.17) is 9.47 Å². The molecule has 0 amide bonds.